The van der Waals surface area contributed by atoms with Gasteiger partial charge in [0.2, 0.25) is 5.95 Å². The van der Waals surface area contributed by atoms with Crippen LogP contribution in [-0.4, -0.2) is 21.7 Å². The molecule has 0 unspecified atom stereocenters. The standard InChI is InChI=1S/C12H17N5O/c1-2-3-6-13-12-16-11(9-15-17-12)14-8-10-5-4-7-18-10/h4-5,7,9H,2-3,6,8H2,1H3,(H2,13,14,16,17). The molecule has 2 aromatic rings. The van der Waals surface area contributed by atoms with Gasteiger partial charge in [-0.25, -0.2) is 0 Å². The van der Waals surface area contributed by atoms with Crippen LogP contribution in [0.4, 0.5) is 11.8 Å². The summed E-state index contributed by atoms with van der Waals surface area (Å²) in [6, 6.07) is 3.76. The van der Waals surface area contributed by atoms with E-state index < -0.39 is 0 Å². The molecule has 2 aromatic heterocycles. The average Bonchev–Trinajstić information content (AvgIpc) is 2.90. The Bertz CT molecular complexity index is 457. The van der Waals surface area contributed by atoms with Crippen molar-refractivity contribution in [2.24, 2.45) is 0 Å². The number of rotatable bonds is 7. The van der Waals surface area contributed by atoms with E-state index in [-0.39, 0.29) is 0 Å². The summed E-state index contributed by atoms with van der Waals surface area (Å²) in [4.78, 5) is 4.31. The predicted molar refractivity (Wildman–Crippen MR) is 69.3 cm³/mol. The fourth-order valence-electron chi connectivity index (χ4n) is 1.43. The lowest BCUT2D eigenvalue weighted by atomic mass is 10.3. The van der Waals surface area contributed by atoms with Gasteiger partial charge in [-0.15, -0.1) is 5.10 Å². The molecule has 18 heavy (non-hydrogen) atoms. The summed E-state index contributed by atoms with van der Waals surface area (Å²) < 4.78 is 5.22. The summed E-state index contributed by atoms with van der Waals surface area (Å²) in [5.74, 6) is 2.09. The van der Waals surface area contributed by atoms with E-state index in [0.29, 0.717) is 18.3 Å². The normalized spacial score (nSPS) is 10.3. The van der Waals surface area contributed by atoms with Crippen molar-refractivity contribution in [3.8, 4) is 0 Å². The lowest BCUT2D eigenvalue weighted by Crippen LogP contribution is -2.08. The molecule has 6 heteroatoms. The quantitative estimate of drug-likeness (QED) is 0.731. The molecule has 96 valence electrons. The highest BCUT2D eigenvalue weighted by molar-refractivity contribution is 5.37. The Labute approximate surface area is 106 Å². The Morgan fingerprint density at radius 2 is 2.28 bits per heavy atom. The Morgan fingerprint density at radius 3 is 3.06 bits per heavy atom. The van der Waals surface area contributed by atoms with E-state index in [1.165, 1.54) is 0 Å². The summed E-state index contributed by atoms with van der Waals surface area (Å²) >= 11 is 0. The summed E-state index contributed by atoms with van der Waals surface area (Å²) in [7, 11) is 0. The molecule has 0 bridgehead atoms. The van der Waals surface area contributed by atoms with Gasteiger partial charge in [-0.1, -0.05) is 13.3 Å². The SMILES string of the molecule is CCCCNc1nncc(NCc2ccco2)n1. The fourth-order valence-corrected chi connectivity index (χ4v) is 1.43. The number of nitrogens with one attached hydrogen (secondary N) is 2. The van der Waals surface area contributed by atoms with E-state index in [1.807, 2.05) is 12.1 Å². The lowest BCUT2D eigenvalue weighted by molar-refractivity contribution is 0.517. The Morgan fingerprint density at radius 1 is 1.33 bits per heavy atom. The first kappa shape index (κ1) is 12.3. The van der Waals surface area contributed by atoms with Gasteiger partial charge in [0.15, 0.2) is 5.82 Å². The number of hydrogen-bond donors (Lipinski definition) is 2. The van der Waals surface area contributed by atoms with Crippen molar-refractivity contribution in [3.63, 3.8) is 0 Å². The van der Waals surface area contributed by atoms with Crippen LogP contribution in [0.25, 0.3) is 0 Å². The molecule has 0 atom stereocenters. The van der Waals surface area contributed by atoms with E-state index in [9.17, 15) is 0 Å². The van der Waals surface area contributed by atoms with Crippen LogP contribution in [0.1, 0.15) is 25.5 Å². The molecular formula is C12H17N5O. The van der Waals surface area contributed by atoms with Gasteiger partial charge in [-0.3, -0.25) is 0 Å². The van der Waals surface area contributed by atoms with Gasteiger partial charge in [0.1, 0.15) is 5.76 Å². The van der Waals surface area contributed by atoms with E-state index in [4.69, 9.17) is 4.42 Å². The smallest absolute Gasteiger partial charge is 0.244 e. The van der Waals surface area contributed by atoms with Crippen molar-refractivity contribution in [1.29, 1.82) is 0 Å². The topological polar surface area (TPSA) is 75.9 Å². The molecule has 0 aliphatic rings. The monoisotopic (exact) mass is 247 g/mol. The molecule has 0 saturated heterocycles. The Hall–Kier alpha value is -2.11. The van der Waals surface area contributed by atoms with Crippen molar-refractivity contribution >= 4 is 11.8 Å². The first-order valence-electron chi connectivity index (χ1n) is 6.08. The summed E-state index contributed by atoms with van der Waals surface area (Å²) in [5, 5.41) is 14.1. The molecule has 2 rings (SSSR count). The van der Waals surface area contributed by atoms with Gasteiger partial charge in [-0.05, 0) is 18.6 Å². The molecule has 2 N–H and O–H groups in total. The van der Waals surface area contributed by atoms with E-state index in [0.717, 1.165) is 25.1 Å². The average molecular weight is 247 g/mol. The third-order valence-electron chi connectivity index (χ3n) is 2.40. The van der Waals surface area contributed by atoms with Gasteiger partial charge >= 0.3 is 0 Å². The minimum absolute atomic E-state index is 0.549. The van der Waals surface area contributed by atoms with Crippen LogP contribution in [0, 0.1) is 0 Å². The van der Waals surface area contributed by atoms with Crippen LogP contribution < -0.4 is 10.6 Å². The molecule has 0 aromatic carbocycles. The third-order valence-corrected chi connectivity index (χ3v) is 2.40. The second-order valence-corrected chi connectivity index (χ2v) is 3.88. The van der Waals surface area contributed by atoms with E-state index in [2.05, 4.69) is 32.7 Å². The van der Waals surface area contributed by atoms with E-state index >= 15 is 0 Å². The second-order valence-electron chi connectivity index (χ2n) is 3.88. The molecule has 2 heterocycles. The summed E-state index contributed by atoms with van der Waals surface area (Å²) in [6.07, 6.45) is 5.46. The lowest BCUT2D eigenvalue weighted by Gasteiger charge is -2.06. The first-order valence-corrected chi connectivity index (χ1v) is 6.08. The number of anilines is 2. The van der Waals surface area contributed by atoms with Gasteiger partial charge < -0.3 is 15.1 Å². The van der Waals surface area contributed by atoms with Gasteiger partial charge in [0, 0.05) is 6.54 Å². The van der Waals surface area contributed by atoms with Gasteiger partial charge in [0.25, 0.3) is 0 Å². The molecule has 6 nitrogen and oxygen atoms in total. The number of aromatic nitrogens is 3. The molecule has 0 amide bonds. The van der Waals surface area contributed by atoms with Crippen LogP contribution in [0.15, 0.2) is 29.0 Å². The maximum Gasteiger partial charge on any atom is 0.244 e. The molecule has 0 saturated carbocycles. The Balaban J connectivity index is 1.86. The largest absolute Gasteiger partial charge is 0.467 e. The van der Waals surface area contributed by atoms with E-state index in [1.54, 1.807) is 12.5 Å². The number of nitrogens with zero attached hydrogens (tertiary/aromatic N) is 3. The molecule has 0 spiro atoms. The molecule has 0 aliphatic carbocycles. The van der Waals surface area contributed by atoms with Crippen LogP contribution >= 0.6 is 0 Å². The summed E-state index contributed by atoms with van der Waals surface area (Å²) in [5.41, 5.74) is 0. The molecular weight excluding hydrogens is 230 g/mol. The van der Waals surface area contributed by atoms with Gasteiger partial charge in [0.05, 0.1) is 19.0 Å². The van der Waals surface area contributed by atoms with Crippen molar-refractivity contribution in [1.82, 2.24) is 15.2 Å². The highest BCUT2D eigenvalue weighted by atomic mass is 16.3. The first-order chi connectivity index (χ1) is 8.88. The maximum atomic E-state index is 5.22. The second kappa shape index (κ2) is 6.58. The zero-order valence-electron chi connectivity index (χ0n) is 10.4. The zero-order chi connectivity index (χ0) is 12.6. The molecule has 0 radical (unpaired) electrons. The van der Waals surface area contributed by atoms with Crippen LogP contribution in [0.2, 0.25) is 0 Å². The highest BCUT2D eigenvalue weighted by Gasteiger charge is 2.01. The van der Waals surface area contributed by atoms with Gasteiger partial charge in [-0.2, -0.15) is 10.1 Å². The third kappa shape index (κ3) is 3.73. The molecule has 0 fully saturated rings. The van der Waals surface area contributed by atoms with Crippen LogP contribution in [-0.2, 0) is 6.54 Å². The number of unbranched alkanes of at least 4 members (excludes halogenated alkanes) is 1. The highest BCUT2D eigenvalue weighted by Crippen LogP contribution is 2.07. The maximum absolute atomic E-state index is 5.22. The summed E-state index contributed by atoms with van der Waals surface area (Å²) in [6.45, 7) is 3.59. The van der Waals surface area contributed by atoms with Crippen molar-refractivity contribution < 1.29 is 4.42 Å². The minimum atomic E-state index is 0.549. The van der Waals surface area contributed by atoms with Crippen molar-refractivity contribution in [2.75, 3.05) is 17.2 Å². The number of furan rings is 1. The Kier molecular flexibility index (Phi) is 4.52. The van der Waals surface area contributed by atoms with Crippen LogP contribution in [0.3, 0.4) is 0 Å². The molecule has 0 aliphatic heterocycles. The zero-order valence-corrected chi connectivity index (χ0v) is 10.4. The van der Waals surface area contributed by atoms with Crippen LogP contribution in [0.5, 0.6) is 0 Å². The predicted octanol–water partition coefficient (Wildman–Crippen LogP) is 2.29. The number of hydrogen-bond acceptors (Lipinski definition) is 6. The minimum Gasteiger partial charge on any atom is -0.467 e. The van der Waals surface area contributed by atoms with Crippen molar-refractivity contribution in [3.05, 3.63) is 30.4 Å². The fraction of sp³-hybridized carbons (Fsp3) is 0.417. The van der Waals surface area contributed by atoms with Crippen molar-refractivity contribution in [2.45, 2.75) is 26.3 Å².